The number of fused-ring (bicyclic) bond motifs is 1. The Balaban J connectivity index is 1.46. The lowest BCUT2D eigenvalue weighted by molar-refractivity contribution is 0.564. The van der Waals surface area contributed by atoms with Gasteiger partial charge in [0.2, 0.25) is 10.0 Å². The van der Waals surface area contributed by atoms with Crippen LogP contribution in [0.5, 0.6) is 0 Å². The van der Waals surface area contributed by atoms with E-state index in [9.17, 15) is 8.42 Å². The standard InChI is InChI=1S/C19H24N6O2S/c1-2-15-5-7-16(8-6-15)28(26,27)23-9-12-25-19-17(13-22-25)18(20-14-21-19)24-10-3-4-11-24/h5-8,13-14,23H,2-4,9-12H2,1H3. The van der Waals surface area contributed by atoms with Gasteiger partial charge < -0.3 is 4.90 Å². The van der Waals surface area contributed by atoms with E-state index in [0.29, 0.717) is 6.54 Å². The van der Waals surface area contributed by atoms with Crippen LogP contribution < -0.4 is 9.62 Å². The maximum Gasteiger partial charge on any atom is 0.240 e. The van der Waals surface area contributed by atoms with Gasteiger partial charge in [-0.25, -0.2) is 27.8 Å². The second-order valence-electron chi connectivity index (χ2n) is 6.89. The highest BCUT2D eigenvalue weighted by atomic mass is 32.2. The molecule has 8 nitrogen and oxygen atoms in total. The molecule has 1 saturated heterocycles. The lowest BCUT2D eigenvalue weighted by Gasteiger charge is -2.16. The van der Waals surface area contributed by atoms with E-state index in [2.05, 4.69) is 24.7 Å². The predicted octanol–water partition coefficient (Wildman–Crippen LogP) is 1.97. The van der Waals surface area contributed by atoms with Gasteiger partial charge in [0.25, 0.3) is 0 Å². The van der Waals surface area contributed by atoms with Crippen LogP contribution in [-0.4, -0.2) is 47.8 Å². The Hall–Kier alpha value is -2.52. The molecule has 1 fully saturated rings. The molecule has 0 saturated carbocycles. The van der Waals surface area contributed by atoms with Crippen LogP contribution in [0.1, 0.15) is 25.3 Å². The van der Waals surface area contributed by atoms with Crippen LogP contribution in [-0.2, 0) is 23.0 Å². The quantitative estimate of drug-likeness (QED) is 0.652. The van der Waals surface area contributed by atoms with Gasteiger partial charge in [-0.2, -0.15) is 5.10 Å². The molecule has 1 aliphatic rings. The van der Waals surface area contributed by atoms with Gasteiger partial charge in [-0.15, -0.1) is 0 Å². The first-order valence-electron chi connectivity index (χ1n) is 9.58. The minimum atomic E-state index is -3.55. The first-order valence-corrected chi connectivity index (χ1v) is 11.1. The molecule has 1 N–H and O–H groups in total. The summed E-state index contributed by atoms with van der Waals surface area (Å²) in [6, 6.07) is 6.96. The maximum atomic E-state index is 12.5. The molecule has 148 valence electrons. The summed E-state index contributed by atoms with van der Waals surface area (Å²) in [7, 11) is -3.55. The molecule has 0 spiro atoms. The van der Waals surface area contributed by atoms with Crippen molar-refractivity contribution in [2.24, 2.45) is 0 Å². The number of aryl methyl sites for hydroxylation is 1. The van der Waals surface area contributed by atoms with E-state index in [4.69, 9.17) is 0 Å². The van der Waals surface area contributed by atoms with Crippen LogP contribution in [0.3, 0.4) is 0 Å². The molecule has 28 heavy (non-hydrogen) atoms. The number of aromatic nitrogens is 4. The SMILES string of the molecule is CCc1ccc(S(=O)(=O)NCCn2ncc3c(N4CCCC4)ncnc32)cc1. The second kappa shape index (κ2) is 7.84. The Morgan fingerprint density at radius 3 is 2.57 bits per heavy atom. The van der Waals surface area contributed by atoms with Gasteiger partial charge in [-0.1, -0.05) is 19.1 Å². The summed E-state index contributed by atoms with van der Waals surface area (Å²) in [5, 5.41) is 5.30. The van der Waals surface area contributed by atoms with Crippen LogP contribution in [0.4, 0.5) is 5.82 Å². The Morgan fingerprint density at radius 1 is 1.11 bits per heavy atom. The molecule has 0 atom stereocenters. The molecule has 1 aliphatic heterocycles. The fourth-order valence-electron chi connectivity index (χ4n) is 3.50. The third-order valence-corrected chi connectivity index (χ3v) is 6.55. The van der Waals surface area contributed by atoms with Crippen LogP contribution >= 0.6 is 0 Å². The highest BCUT2D eigenvalue weighted by Gasteiger charge is 2.19. The smallest absolute Gasteiger partial charge is 0.240 e. The normalized spacial score (nSPS) is 14.8. The van der Waals surface area contributed by atoms with Crippen molar-refractivity contribution < 1.29 is 8.42 Å². The molecule has 0 unspecified atom stereocenters. The third kappa shape index (κ3) is 3.72. The highest BCUT2D eigenvalue weighted by Crippen LogP contribution is 2.25. The fraction of sp³-hybridized carbons (Fsp3) is 0.421. The van der Waals surface area contributed by atoms with Crippen molar-refractivity contribution in [3.05, 3.63) is 42.4 Å². The van der Waals surface area contributed by atoms with E-state index in [0.717, 1.165) is 41.9 Å². The van der Waals surface area contributed by atoms with Gasteiger partial charge in [0.05, 0.1) is 23.0 Å². The predicted molar refractivity (Wildman–Crippen MR) is 108 cm³/mol. The fourth-order valence-corrected chi connectivity index (χ4v) is 4.52. The van der Waals surface area contributed by atoms with Crippen molar-refractivity contribution in [3.8, 4) is 0 Å². The Labute approximate surface area is 164 Å². The first-order chi connectivity index (χ1) is 13.6. The summed E-state index contributed by atoms with van der Waals surface area (Å²) in [6.45, 7) is 4.65. The minimum Gasteiger partial charge on any atom is -0.356 e. The molecule has 3 heterocycles. The number of sulfonamides is 1. The molecule has 3 aromatic rings. The summed E-state index contributed by atoms with van der Waals surface area (Å²) in [6.07, 6.45) is 6.53. The van der Waals surface area contributed by atoms with Crippen LogP contribution in [0.2, 0.25) is 0 Å². The molecule has 0 aliphatic carbocycles. The van der Waals surface area contributed by atoms with Crippen molar-refractivity contribution in [2.75, 3.05) is 24.5 Å². The Morgan fingerprint density at radius 2 is 1.86 bits per heavy atom. The molecule has 0 bridgehead atoms. The Bertz CT molecular complexity index is 1060. The summed E-state index contributed by atoms with van der Waals surface area (Å²) in [5.41, 5.74) is 1.83. The minimum absolute atomic E-state index is 0.234. The van der Waals surface area contributed by atoms with Gasteiger partial charge in [0.1, 0.15) is 12.1 Å². The third-order valence-electron chi connectivity index (χ3n) is 5.08. The average Bonchev–Trinajstić information content (AvgIpc) is 3.38. The van der Waals surface area contributed by atoms with Crippen LogP contribution in [0.25, 0.3) is 11.0 Å². The van der Waals surface area contributed by atoms with E-state index in [1.807, 2.05) is 19.1 Å². The number of rotatable bonds is 7. The molecular weight excluding hydrogens is 376 g/mol. The average molecular weight is 401 g/mol. The second-order valence-corrected chi connectivity index (χ2v) is 8.66. The number of nitrogens with zero attached hydrogens (tertiary/aromatic N) is 5. The van der Waals surface area contributed by atoms with Gasteiger partial charge in [0, 0.05) is 19.6 Å². The zero-order valence-electron chi connectivity index (χ0n) is 15.9. The van der Waals surface area contributed by atoms with Gasteiger partial charge in [-0.3, -0.25) is 0 Å². The summed E-state index contributed by atoms with van der Waals surface area (Å²) in [4.78, 5) is 11.3. The van der Waals surface area contributed by atoms with E-state index in [1.165, 1.54) is 12.8 Å². The van der Waals surface area contributed by atoms with Crippen molar-refractivity contribution in [1.82, 2.24) is 24.5 Å². The Kier molecular flexibility index (Phi) is 5.27. The molecule has 2 aromatic heterocycles. The summed E-state index contributed by atoms with van der Waals surface area (Å²) >= 11 is 0. The van der Waals surface area contributed by atoms with Gasteiger partial charge >= 0.3 is 0 Å². The number of nitrogens with one attached hydrogen (secondary N) is 1. The van der Waals surface area contributed by atoms with Crippen molar-refractivity contribution in [3.63, 3.8) is 0 Å². The summed E-state index contributed by atoms with van der Waals surface area (Å²) < 4.78 is 29.3. The monoisotopic (exact) mass is 400 g/mol. The van der Waals surface area contributed by atoms with Crippen molar-refractivity contribution >= 4 is 26.9 Å². The largest absolute Gasteiger partial charge is 0.356 e. The zero-order valence-corrected chi connectivity index (χ0v) is 16.7. The van der Waals surface area contributed by atoms with E-state index in [-0.39, 0.29) is 11.4 Å². The molecule has 0 amide bonds. The van der Waals surface area contributed by atoms with Gasteiger partial charge in [-0.05, 0) is 37.0 Å². The lowest BCUT2D eigenvalue weighted by Crippen LogP contribution is -2.27. The van der Waals surface area contributed by atoms with Crippen molar-refractivity contribution in [2.45, 2.75) is 37.6 Å². The highest BCUT2D eigenvalue weighted by molar-refractivity contribution is 7.89. The van der Waals surface area contributed by atoms with Crippen molar-refractivity contribution in [1.29, 1.82) is 0 Å². The molecule has 0 radical (unpaired) electrons. The molecule has 9 heteroatoms. The van der Waals surface area contributed by atoms with E-state index >= 15 is 0 Å². The van der Waals surface area contributed by atoms with Crippen LogP contribution in [0.15, 0.2) is 41.7 Å². The topological polar surface area (TPSA) is 93.0 Å². The number of anilines is 1. The maximum absolute atomic E-state index is 12.5. The van der Waals surface area contributed by atoms with E-state index in [1.54, 1.807) is 29.3 Å². The lowest BCUT2D eigenvalue weighted by atomic mass is 10.2. The van der Waals surface area contributed by atoms with Gasteiger partial charge in [0.15, 0.2) is 5.65 Å². The first kappa shape index (κ1) is 18.8. The zero-order chi connectivity index (χ0) is 19.6. The molecular formula is C19H24N6O2S. The number of benzene rings is 1. The summed E-state index contributed by atoms with van der Waals surface area (Å²) in [5.74, 6) is 0.908. The van der Waals surface area contributed by atoms with Crippen LogP contribution in [0, 0.1) is 0 Å². The van der Waals surface area contributed by atoms with E-state index < -0.39 is 10.0 Å². The molecule has 4 rings (SSSR count). The number of hydrogen-bond acceptors (Lipinski definition) is 6. The number of hydrogen-bond donors (Lipinski definition) is 1. The molecule has 1 aromatic carbocycles.